The zero-order chi connectivity index (χ0) is 9.84. The molecule has 0 aromatic heterocycles. The first kappa shape index (κ1) is 11.0. The van der Waals surface area contributed by atoms with E-state index in [0.29, 0.717) is 5.46 Å². The van der Waals surface area contributed by atoms with Crippen LogP contribution in [0.3, 0.4) is 0 Å². The lowest BCUT2D eigenvalue weighted by Crippen LogP contribution is -2.31. The van der Waals surface area contributed by atoms with Crippen LogP contribution in [0.5, 0.6) is 0 Å². The summed E-state index contributed by atoms with van der Waals surface area (Å²) in [7, 11) is -1.38. The summed E-state index contributed by atoms with van der Waals surface area (Å²) < 4.78 is 0. The van der Waals surface area contributed by atoms with Crippen molar-refractivity contribution in [3.63, 3.8) is 0 Å². The number of benzene rings is 1. The molecule has 0 spiro atoms. The first-order valence-electron chi connectivity index (χ1n) is 3.77. The molecule has 2 nitrogen and oxygen atoms in total. The second-order valence-electron chi connectivity index (χ2n) is 2.48. The van der Waals surface area contributed by atoms with Crippen molar-refractivity contribution in [2.24, 2.45) is 0 Å². The molecule has 0 unspecified atom stereocenters. The van der Waals surface area contributed by atoms with Gasteiger partial charge in [-0.2, -0.15) is 0 Å². The van der Waals surface area contributed by atoms with Crippen LogP contribution < -0.4 is 5.46 Å². The molecule has 13 heavy (non-hydrogen) atoms. The van der Waals surface area contributed by atoms with Crippen LogP contribution in [-0.2, 0) is 0 Å². The molecule has 1 rings (SSSR count). The maximum Gasteiger partial charge on any atom is 0.489 e. The van der Waals surface area contributed by atoms with Crippen molar-refractivity contribution in [3.05, 3.63) is 18.2 Å². The van der Waals surface area contributed by atoms with Crippen LogP contribution in [-0.4, -0.2) is 29.7 Å². The van der Waals surface area contributed by atoms with Crippen LogP contribution >= 0.6 is 23.5 Å². The summed E-state index contributed by atoms with van der Waals surface area (Å²) in [6, 6.07) is 5.60. The van der Waals surface area contributed by atoms with Gasteiger partial charge >= 0.3 is 7.12 Å². The summed E-state index contributed by atoms with van der Waals surface area (Å²) in [6.07, 6.45) is 3.92. The van der Waals surface area contributed by atoms with E-state index >= 15 is 0 Å². The highest BCUT2D eigenvalue weighted by molar-refractivity contribution is 7.99. The monoisotopic (exact) mass is 214 g/mol. The molecule has 5 heteroatoms. The zero-order valence-corrected chi connectivity index (χ0v) is 9.15. The third kappa shape index (κ3) is 2.67. The minimum Gasteiger partial charge on any atom is -0.423 e. The Balaban J connectivity index is 3.08. The molecule has 0 saturated heterocycles. The van der Waals surface area contributed by atoms with Crippen molar-refractivity contribution in [2.75, 3.05) is 12.5 Å². The molecule has 0 fully saturated rings. The quantitative estimate of drug-likeness (QED) is 0.577. The van der Waals surface area contributed by atoms with Crippen LogP contribution in [0.1, 0.15) is 0 Å². The molecule has 0 amide bonds. The van der Waals surface area contributed by atoms with Crippen LogP contribution in [0, 0.1) is 0 Å². The van der Waals surface area contributed by atoms with E-state index in [0.717, 1.165) is 9.79 Å². The molecule has 0 saturated carbocycles. The standard InChI is InChI=1S/C8H11BO2S2/c1-12-6-3-4-7(9(10)11)8(5-6)13-2/h3-5,10-11H,1-2H3. The Bertz CT molecular complexity index is 291. The number of thioether (sulfide) groups is 2. The second-order valence-corrected chi connectivity index (χ2v) is 4.21. The van der Waals surface area contributed by atoms with E-state index in [-0.39, 0.29) is 0 Å². The fraction of sp³-hybridized carbons (Fsp3) is 0.250. The van der Waals surface area contributed by atoms with Gasteiger partial charge in [0.1, 0.15) is 0 Å². The van der Waals surface area contributed by atoms with Crippen LogP contribution in [0.2, 0.25) is 0 Å². The largest absolute Gasteiger partial charge is 0.489 e. The van der Waals surface area contributed by atoms with E-state index in [1.165, 1.54) is 11.8 Å². The minimum atomic E-state index is -1.38. The van der Waals surface area contributed by atoms with Crippen molar-refractivity contribution in [3.8, 4) is 0 Å². The normalized spacial score (nSPS) is 10.2. The third-order valence-corrected chi connectivity index (χ3v) is 3.24. The van der Waals surface area contributed by atoms with E-state index in [4.69, 9.17) is 10.0 Å². The molecule has 0 atom stereocenters. The Morgan fingerprint density at radius 2 is 1.85 bits per heavy atom. The second kappa shape index (κ2) is 4.95. The number of hydrogen-bond donors (Lipinski definition) is 2. The predicted molar refractivity (Wildman–Crippen MR) is 59.8 cm³/mol. The van der Waals surface area contributed by atoms with Crippen molar-refractivity contribution >= 4 is 36.1 Å². The molecule has 0 bridgehead atoms. The van der Waals surface area contributed by atoms with Gasteiger partial charge in [-0.3, -0.25) is 0 Å². The molecule has 1 aromatic carbocycles. The molecule has 0 aliphatic heterocycles. The van der Waals surface area contributed by atoms with Crippen LogP contribution in [0.25, 0.3) is 0 Å². The maximum absolute atomic E-state index is 9.03. The minimum absolute atomic E-state index is 0.574. The molecule has 1 aromatic rings. The van der Waals surface area contributed by atoms with E-state index in [9.17, 15) is 0 Å². The van der Waals surface area contributed by atoms with Crippen LogP contribution in [0.4, 0.5) is 0 Å². The predicted octanol–water partition coefficient (Wildman–Crippen LogP) is 0.810. The Hall–Kier alpha value is -0.0951. The van der Waals surface area contributed by atoms with Gasteiger partial charge in [0.05, 0.1) is 0 Å². The van der Waals surface area contributed by atoms with Crippen molar-refractivity contribution in [1.29, 1.82) is 0 Å². The highest BCUT2D eigenvalue weighted by Crippen LogP contribution is 2.20. The van der Waals surface area contributed by atoms with Gasteiger partial charge in [-0.15, -0.1) is 23.5 Å². The summed E-state index contributed by atoms with van der Waals surface area (Å²) in [5.41, 5.74) is 0.574. The molecule has 0 heterocycles. The van der Waals surface area contributed by atoms with Gasteiger partial charge in [0.2, 0.25) is 0 Å². The lowest BCUT2D eigenvalue weighted by Gasteiger charge is -2.07. The Morgan fingerprint density at radius 1 is 1.15 bits per heavy atom. The third-order valence-electron chi connectivity index (χ3n) is 1.72. The van der Waals surface area contributed by atoms with Gasteiger partial charge in [0.15, 0.2) is 0 Å². The Kier molecular flexibility index (Phi) is 4.19. The molecule has 0 radical (unpaired) electrons. The number of hydrogen-bond acceptors (Lipinski definition) is 4. The molecule has 70 valence electrons. The average Bonchev–Trinajstić information content (AvgIpc) is 2.16. The fourth-order valence-corrected chi connectivity index (χ4v) is 2.20. The molecular formula is C8H11BO2S2. The van der Waals surface area contributed by atoms with E-state index < -0.39 is 7.12 Å². The highest BCUT2D eigenvalue weighted by Gasteiger charge is 2.15. The summed E-state index contributed by atoms with van der Waals surface area (Å²) >= 11 is 3.16. The van der Waals surface area contributed by atoms with Gasteiger partial charge < -0.3 is 10.0 Å². The Labute approximate surface area is 86.9 Å². The fourth-order valence-electron chi connectivity index (χ4n) is 1.03. The van der Waals surface area contributed by atoms with E-state index in [1.807, 2.05) is 24.6 Å². The first-order chi connectivity index (χ1) is 6.19. The lowest BCUT2D eigenvalue weighted by atomic mass is 9.80. The molecule has 2 N–H and O–H groups in total. The van der Waals surface area contributed by atoms with Crippen molar-refractivity contribution in [2.45, 2.75) is 9.79 Å². The zero-order valence-electron chi connectivity index (χ0n) is 7.52. The van der Waals surface area contributed by atoms with Crippen molar-refractivity contribution in [1.82, 2.24) is 0 Å². The molecule has 0 aliphatic carbocycles. The lowest BCUT2D eigenvalue weighted by molar-refractivity contribution is 0.425. The summed E-state index contributed by atoms with van der Waals surface area (Å²) in [5, 5.41) is 18.1. The average molecular weight is 214 g/mol. The van der Waals surface area contributed by atoms with E-state index in [2.05, 4.69) is 0 Å². The SMILES string of the molecule is CSc1ccc(B(O)O)c(SC)c1. The van der Waals surface area contributed by atoms with Gasteiger partial charge in [0, 0.05) is 9.79 Å². The van der Waals surface area contributed by atoms with Gasteiger partial charge in [-0.1, -0.05) is 6.07 Å². The topological polar surface area (TPSA) is 40.5 Å². The Morgan fingerprint density at radius 3 is 2.31 bits per heavy atom. The molecule has 0 aliphatic rings. The summed E-state index contributed by atoms with van der Waals surface area (Å²) in [6.45, 7) is 0. The van der Waals surface area contributed by atoms with Crippen molar-refractivity contribution < 1.29 is 10.0 Å². The number of rotatable bonds is 3. The van der Waals surface area contributed by atoms with E-state index in [1.54, 1.807) is 17.8 Å². The maximum atomic E-state index is 9.03. The van der Waals surface area contributed by atoms with Gasteiger partial charge in [-0.05, 0) is 30.1 Å². The summed E-state index contributed by atoms with van der Waals surface area (Å²) in [5.74, 6) is 0. The van der Waals surface area contributed by atoms with Gasteiger partial charge in [-0.25, -0.2) is 0 Å². The van der Waals surface area contributed by atoms with Crippen LogP contribution in [0.15, 0.2) is 28.0 Å². The first-order valence-corrected chi connectivity index (χ1v) is 6.22. The van der Waals surface area contributed by atoms with Gasteiger partial charge in [0.25, 0.3) is 0 Å². The molecular weight excluding hydrogens is 203 g/mol. The summed E-state index contributed by atoms with van der Waals surface area (Å²) in [4.78, 5) is 2.05. The highest BCUT2D eigenvalue weighted by atomic mass is 32.2. The smallest absolute Gasteiger partial charge is 0.423 e.